The van der Waals surface area contributed by atoms with E-state index in [0.717, 1.165) is 0 Å². The highest BCUT2D eigenvalue weighted by Gasteiger charge is 1.85. The molecule has 0 aliphatic heterocycles. The first-order valence-electron chi connectivity index (χ1n) is 10.6. The predicted octanol–water partition coefficient (Wildman–Crippen LogP) is -1.49. The van der Waals surface area contributed by atoms with Crippen LogP contribution in [0.3, 0.4) is 0 Å². The maximum Gasteiger partial charge on any atom is 0.151 e. The topological polar surface area (TPSA) is 252 Å². The van der Waals surface area contributed by atoms with Crippen molar-refractivity contribution in [3.05, 3.63) is 0 Å². The molecule has 0 saturated heterocycles. The number of aliphatic hydroxyl groups is 12. The van der Waals surface area contributed by atoms with Gasteiger partial charge in [0.25, 0.3) is 0 Å². The van der Waals surface area contributed by atoms with Gasteiger partial charge < -0.3 is 66.0 Å². The maximum absolute atomic E-state index is 7.92. The second-order valence-corrected chi connectivity index (χ2v) is 5.74. The molecule has 0 unspecified atom stereocenters. The minimum Gasteiger partial charge on any atom is -0.388 e. The van der Waals surface area contributed by atoms with Gasteiger partial charge in [-0.05, 0) is 38.5 Å². The van der Waals surface area contributed by atoms with E-state index in [1.807, 2.05) is 0 Å². The number of hydrogen-bond acceptors (Lipinski definition) is 13. The van der Waals surface area contributed by atoms with E-state index in [-0.39, 0.29) is 0 Å². The molecular formula is C20H54O13. The summed E-state index contributed by atoms with van der Waals surface area (Å²) < 4.78 is 4.25. The van der Waals surface area contributed by atoms with Crippen molar-refractivity contribution in [1.82, 2.24) is 0 Å². The van der Waals surface area contributed by atoms with Crippen LogP contribution in [0.4, 0.5) is 0 Å². The van der Waals surface area contributed by atoms with E-state index in [1.165, 1.54) is 0 Å². The van der Waals surface area contributed by atoms with Gasteiger partial charge in [0.05, 0.1) is 0 Å². The Kier molecular flexibility index (Phi) is 73.3. The molecule has 0 aromatic rings. The van der Waals surface area contributed by atoms with Crippen molar-refractivity contribution >= 4 is 0 Å². The van der Waals surface area contributed by atoms with E-state index in [2.05, 4.69) is 4.74 Å². The fourth-order valence-corrected chi connectivity index (χ4v) is 0. The lowest BCUT2D eigenvalue weighted by Crippen LogP contribution is -1.99. The van der Waals surface area contributed by atoms with Crippen molar-refractivity contribution in [3.8, 4) is 0 Å². The van der Waals surface area contributed by atoms with Crippen LogP contribution in [0.2, 0.25) is 0 Å². The summed E-state index contributed by atoms with van der Waals surface area (Å²) in [5.74, 6) is 0. The summed E-state index contributed by atoms with van der Waals surface area (Å²) in [4.78, 5) is 0. The third-order valence-electron chi connectivity index (χ3n) is 2.19. The third-order valence-corrected chi connectivity index (χ3v) is 2.19. The zero-order chi connectivity index (χ0) is 28.4. The van der Waals surface area contributed by atoms with Crippen molar-refractivity contribution in [2.24, 2.45) is 0 Å². The van der Waals surface area contributed by atoms with E-state index in [0.29, 0.717) is 38.5 Å². The van der Waals surface area contributed by atoms with Gasteiger partial charge >= 0.3 is 0 Å². The molecular weight excluding hydrogens is 448 g/mol. The van der Waals surface area contributed by atoms with Crippen LogP contribution in [0.25, 0.3) is 0 Å². The van der Waals surface area contributed by atoms with Gasteiger partial charge in [0.2, 0.25) is 0 Å². The first-order valence-corrected chi connectivity index (χ1v) is 10.6. The molecule has 0 radical (unpaired) electrons. The first-order chi connectivity index (χ1) is 15.0. The van der Waals surface area contributed by atoms with Crippen LogP contribution in [0.5, 0.6) is 0 Å². The summed E-state index contributed by atoms with van der Waals surface area (Å²) in [6, 6.07) is 0. The monoisotopic (exact) mass is 502 g/mol. The van der Waals surface area contributed by atoms with Crippen molar-refractivity contribution in [2.45, 2.75) is 118 Å². The van der Waals surface area contributed by atoms with Crippen LogP contribution in [-0.4, -0.2) is 113 Å². The standard InChI is InChI=1S/6C3H8O2.C2H6O/c6*1-2-3(4)5;1-3-2/h6*3-5H,2H2,1H3;1-2H3. The van der Waals surface area contributed by atoms with E-state index in [9.17, 15) is 0 Å². The summed E-state index contributed by atoms with van der Waals surface area (Å²) in [5, 5.41) is 95.0. The number of methoxy groups -OCH3 is 1. The molecule has 0 amide bonds. The van der Waals surface area contributed by atoms with E-state index in [4.69, 9.17) is 61.3 Å². The van der Waals surface area contributed by atoms with E-state index in [1.54, 1.807) is 55.8 Å². The molecule has 0 bridgehead atoms. The summed E-state index contributed by atoms with van der Waals surface area (Å²) in [6.07, 6.45) is -4.19. The highest BCUT2D eigenvalue weighted by molar-refractivity contribution is 4.23. The summed E-state index contributed by atoms with van der Waals surface area (Å²) in [5.41, 5.74) is 0. The molecule has 0 heterocycles. The molecule has 0 aromatic carbocycles. The van der Waals surface area contributed by atoms with Crippen LogP contribution in [0.1, 0.15) is 80.1 Å². The highest BCUT2D eigenvalue weighted by Crippen LogP contribution is 1.79. The van der Waals surface area contributed by atoms with Gasteiger partial charge in [0, 0.05) is 14.2 Å². The van der Waals surface area contributed by atoms with Gasteiger partial charge in [-0.25, -0.2) is 0 Å². The molecule has 0 rings (SSSR count). The highest BCUT2D eigenvalue weighted by atomic mass is 16.5. The SMILES string of the molecule is CCC(O)O.CCC(O)O.CCC(O)O.CCC(O)O.CCC(O)O.CCC(O)O.COC. The molecule has 0 fully saturated rings. The number of rotatable bonds is 6. The van der Waals surface area contributed by atoms with Crippen molar-refractivity contribution < 1.29 is 66.0 Å². The summed E-state index contributed by atoms with van der Waals surface area (Å²) in [7, 11) is 3.25. The van der Waals surface area contributed by atoms with Crippen LogP contribution in [0, 0.1) is 0 Å². The Morgan fingerprint density at radius 2 is 0.364 bits per heavy atom. The Morgan fingerprint density at radius 1 is 0.333 bits per heavy atom. The van der Waals surface area contributed by atoms with E-state index >= 15 is 0 Å². The zero-order valence-electron chi connectivity index (χ0n) is 21.5. The molecule has 0 aliphatic carbocycles. The lowest BCUT2D eigenvalue weighted by molar-refractivity contribution is -0.0420. The number of ether oxygens (including phenoxy) is 1. The van der Waals surface area contributed by atoms with Crippen LogP contribution in [-0.2, 0) is 4.74 Å². The normalized spacial score (nSPS) is 9.27. The summed E-state index contributed by atoms with van der Waals surface area (Å²) >= 11 is 0. The molecule has 0 atom stereocenters. The average Bonchev–Trinajstić information content (AvgIpc) is 2.75. The minimum absolute atomic E-state index is 0.417. The summed E-state index contributed by atoms with van der Waals surface area (Å²) in [6.45, 7) is 10.2. The second-order valence-electron chi connectivity index (χ2n) is 5.74. The Balaban J connectivity index is -0.0000000480. The molecule has 0 spiro atoms. The lowest BCUT2D eigenvalue weighted by atomic mass is 10.5. The lowest BCUT2D eigenvalue weighted by Gasteiger charge is -1.90. The molecule has 0 aromatic heterocycles. The molecule has 13 heteroatoms. The number of hydrogen-bond donors (Lipinski definition) is 12. The largest absolute Gasteiger partial charge is 0.388 e. The van der Waals surface area contributed by atoms with Gasteiger partial charge in [0.1, 0.15) is 0 Å². The average molecular weight is 503 g/mol. The zero-order valence-corrected chi connectivity index (χ0v) is 21.5. The Morgan fingerprint density at radius 3 is 0.364 bits per heavy atom. The molecule has 0 aliphatic rings. The van der Waals surface area contributed by atoms with Crippen LogP contribution in [0.15, 0.2) is 0 Å². The van der Waals surface area contributed by atoms with Gasteiger partial charge in [-0.1, -0.05) is 41.5 Å². The molecule has 33 heavy (non-hydrogen) atoms. The molecule has 13 nitrogen and oxygen atoms in total. The van der Waals surface area contributed by atoms with Crippen molar-refractivity contribution in [3.63, 3.8) is 0 Å². The van der Waals surface area contributed by atoms with E-state index < -0.39 is 37.7 Å². The molecule has 0 saturated carbocycles. The number of aliphatic hydroxyl groups excluding tert-OH is 6. The van der Waals surface area contributed by atoms with Crippen LogP contribution < -0.4 is 0 Å². The second kappa shape index (κ2) is 48.8. The van der Waals surface area contributed by atoms with Crippen LogP contribution >= 0.6 is 0 Å². The third kappa shape index (κ3) is 208. The van der Waals surface area contributed by atoms with Crippen molar-refractivity contribution in [2.75, 3.05) is 14.2 Å². The molecule has 12 N–H and O–H groups in total. The smallest absolute Gasteiger partial charge is 0.151 e. The van der Waals surface area contributed by atoms with Gasteiger partial charge in [-0.3, -0.25) is 0 Å². The fourth-order valence-electron chi connectivity index (χ4n) is 0. The van der Waals surface area contributed by atoms with Gasteiger partial charge in [-0.15, -0.1) is 0 Å². The van der Waals surface area contributed by atoms with Gasteiger partial charge in [0.15, 0.2) is 37.7 Å². The van der Waals surface area contributed by atoms with Crippen molar-refractivity contribution in [1.29, 1.82) is 0 Å². The Labute approximate surface area is 198 Å². The first kappa shape index (κ1) is 49.6. The van der Waals surface area contributed by atoms with Gasteiger partial charge in [-0.2, -0.15) is 0 Å². The maximum atomic E-state index is 7.92. The minimum atomic E-state index is -1.12. The Bertz CT molecular complexity index is 190. The fraction of sp³-hybridized carbons (Fsp3) is 1.00. The molecule has 212 valence electrons. The quantitative estimate of drug-likeness (QED) is 0.185. The Hall–Kier alpha value is -0.520. The predicted molar refractivity (Wildman–Crippen MR) is 124 cm³/mol.